The molecule has 1 aliphatic heterocycles. The number of rotatable bonds is 6. The van der Waals surface area contributed by atoms with Crippen molar-refractivity contribution in [2.24, 2.45) is 5.92 Å². The zero-order chi connectivity index (χ0) is 24.3. The summed E-state index contributed by atoms with van der Waals surface area (Å²) in [5.41, 5.74) is 1.94. The Morgan fingerprint density at radius 1 is 1.00 bits per heavy atom. The molecule has 1 fully saturated rings. The minimum Gasteiger partial charge on any atom is -0.455 e. The molecule has 34 heavy (non-hydrogen) atoms. The predicted molar refractivity (Wildman–Crippen MR) is 121 cm³/mol. The number of amides is 1. The van der Waals surface area contributed by atoms with E-state index in [2.05, 4.69) is 5.32 Å². The lowest BCUT2D eigenvalue weighted by Gasteiger charge is -2.30. The van der Waals surface area contributed by atoms with E-state index in [-0.39, 0.29) is 36.5 Å². The fourth-order valence-electron chi connectivity index (χ4n) is 4.39. The fourth-order valence-corrected chi connectivity index (χ4v) is 5.91. The summed E-state index contributed by atoms with van der Waals surface area (Å²) in [4.78, 5) is 24.6. The number of halogens is 2. The fraction of sp³-hybridized carbons (Fsp3) is 0.417. The average molecular weight is 493 g/mol. The largest absolute Gasteiger partial charge is 0.455 e. The molecule has 0 atom stereocenters. The van der Waals surface area contributed by atoms with Crippen molar-refractivity contribution in [1.29, 1.82) is 0 Å². The van der Waals surface area contributed by atoms with Crippen molar-refractivity contribution in [2.75, 3.05) is 25.0 Å². The second kappa shape index (κ2) is 10.2. The topological polar surface area (TPSA) is 92.8 Å². The minimum absolute atomic E-state index is 0.167. The van der Waals surface area contributed by atoms with Crippen molar-refractivity contribution in [2.45, 2.75) is 43.4 Å². The molecule has 1 aliphatic carbocycles. The predicted octanol–water partition coefficient (Wildman–Crippen LogP) is 3.43. The molecule has 2 aromatic rings. The van der Waals surface area contributed by atoms with Crippen LogP contribution in [0.2, 0.25) is 0 Å². The molecule has 7 nitrogen and oxygen atoms in total. The highest BCUT2D eigenvalue weighted by Crippen LogP contribution is 2.28. The third kappa shape index (κ3) is 5.44. The number of fused-ring (bicyclic) bond motifs is 1. The molecule has 1 amide bonds. The van der Waals surface area contributed by atoms with E-state index in [0.717, 1.165) is 49.4 Å². The molecule has 1 N–H and O–H groups in total. The summed E-state index contributed by atoms with van der Waals surface area (Å²) in [5, 5.41) is 2.16. The van der Waals surface area contributed by atoms with Crippen LogP contribution in [0.15, 0.2) is 41.3 Å². The van der Waals surface area contributed by atoms with Crippen LogP contribution in [0, 0.1) is 17.6 Å². The maximum atomic E-state index is 13.6. The van der Waals surface area contributed by atoms with Crippen LogP contribution < -0.4 is 5.32 Å². The van der Waals surface area contributed by atoms with E-state index in [1.165, 1.54) is 9.87 Å². The molecular weight excluding hydrogens is 466 g/mol. The Kier molecular flexibility index (Phi) is 7.27. The number of carbonyl (C=O) groups is 2. The first kappa shape index (κ1) is 24.3. The number of hydrogen-bond acceptors (Lipinski definition) is 5. The van der Waals surface area contributed by atoms with Crippen LogP contribution in [0.1, 0.15) is 36.8 Å². The number of ether oxygens (including phenoxy) is 1. The molecule has 0 radical (unpaired) electrons. The second-order valence-corrected chi connectivity index (χ2v) is 10.5. The van der Waals surface area contributed by atoms with Gasteiger partial charge in [0.05, 0.1) is 16.5 Å². The van der Waals surface area contributed by atoms with Crippen molar-refractivity contribution in [1.82, 2.24) is 4.31 Å². The van der Waals surface area contributed by atoms with E-state index in [1.807, 2.05) is 6.07 Å². The summed E-state index contributed by atoms with van der Waals surface area (Å²) in [6, 6.07) is 7.94. The van der Waals surface area contributed by atoms with Gasteiger partial charge in [0.15, 0.2) is 6.61 Å². The second-order valence-electron chi connectivity index (χ2n) is 8.60. The SMILES string of the molecule is O=C(COC(=O)C1CCN(S(=O)(=O)c2ccc3c(c2)CCCC3)CC1)Nc1cc(F)ccc1F. The number of esters is 1. The zero-order valence-electron chi connectivity index (χ0n) is 18.6. The van der Waals surface area contributed by atoms with Gasteiger partial charge in [-0.25, -0.2) is 17.2 Å². The average Bonchev–Trinajstić information content (AvgIpc) is 2.84. The summed E-state index contributed by atoms with van der Waals surface area (Å²) >= 11 is 0. The van der Waals surface area contributed by atoms with Crippen LogP contribution in [-0.4, -0.2) is 44.3 Å². The first-order valence-electron chi connectivity index (χ1n) is 11.3. The third-order valence-corrected chi connectivity index (χ3v) is 8.19. The van der Waals surface area contributed by atoms with Crippen LogP contribution >= 0.6 is 0 Å². The van der Waals surface area contributed by atoms with Crippen LogP contribution in [0.3, 0.4) is 0 Å². The normalized spacial score (nSPS) is 17.1. The molecule has 2 aliphatic rings. The Labute approximate surface area is 197 Å². The summed E-state index contributed by atoms with van der Waals surface area (Å²) in [6.07, 6.45) is 4.56. The van der Waals surface area contributed by atoms with Gasteiger partial charge in [-0.2, -0.15) is 4.31 Å². The Hall–Kier alpha value is -2.85. The van der Waals surface area contributed by atoms with E-state index < -0.39 is 46.1 Å². The standard InChI is InChI=1S/C24H26F2N2O5S/c25-19-6-8-21(26)22(14-19)27-23(29)15-33-24(30)17-9-11-28(12-10-17)34(31,32)20-7-5-16-3-1-2-4-18(16)13-20/h5-8,13-14,17H,1-4,9-12,15H2,(H,27,29). The third-order valence-electron chi connectivity index (χ3n) is 6.29. The monoisotopic (exact) mass is 492 g/mol. The maximum absolute atomic E-state index is 13.6. The number of hydrogen-bond donors (Lipinski definition) is 1. The lowest BCUT2D eigenvalue weighted by molar-refractivity contribution is -0.152. The van der Waals surface area contributed by atoms with Crippen LogP contribution in [-0.2, 0) is 37.2 Å². The van der Waals surface area contributed by atoms with Gasteiger partial charge in [-0.05, 0) is 73.9 Å². The summed E-state index contributed by atoms with van der Waals surface area (Å²) in [5.74, 6) is -3.50. The van der Waals surface area contributed by atoms with Crippen molar-refractivity contribution in [3.8, 4) is 0 Å². The number of carbonyl (C=O) groups excluding carboxylic acids is 2. The first-order chi connectivity index (χ1) is 16.2. The van der Waals surface area contributed by atoms with Crippen molar-refractivity contribution >= 4 is 27.6 Å². The number of nitrogens with one attached hydrogen (secondary N) is 1. The van der Waals surface area contributed by atoms with Gasteiger partial charge in [0.1, 0.15) is 11.6 Å². The molecule has 0 unspecified atom stereocenters. The van der Waals surface area contributed by atoms with Crippen LogP contribution in [0.25, 0.3) is 0 Å². The number of nitrogens with zero attached hydrogens (tertiary/aromatic N) is 1. The van der Waals surface area contributed by atoms with E-state index in [0.29, 0.717) is 0 Å². The highest BCUT2D eigenvalue weighted by molar-refractivity contribution is 7.89. The number of aryl methyl sites for hydroxylation is 2. The van der Waals surface area contributed by atoms with Gasteiger partial charge in [0.25, 0.3) is 5.91 Å². The molecular formula is C24H26F2N2O5S. The van der Waals surface area contributed by atoms with Crippen molar-refractivity contribution < 1.29 is 31.5 Å². The first-order valence-corrected chi connectivity index (χ1v) is 12.7. The number of sulfonamides is 1. The van der Waals surface area contributed by atoms with E-state index in [1.54, 1.807) is 12.1 Å². The van der Waals surface area contributed by atoms with Crippen molar-refractivity contribution in [3.05, 3.63) is 59.2 Å². The van der Waals surface area contributed by atoms with Gasteiger partial charge >= 0.3 is 5.97 Å². The Morgan fingerprint density at radius 2 is 1.71 bits per heavy atom. The van der Waals surface area contributed by atoms with Gasteiger partial charge in [-0.15, -0.1) is 0 Å². The number of piperidine rings is 1. The van der Waals surface area contributed by atoms with E-state index >= 15 is 0 Å². The van der Waals surface area contributed by atoms with Gasteiger partial charge in [0.2, 0.25) is 10.0 Å². The zero-order valence-corrected chi connectivity index (χ0v) is 19.4. The molecule has 4 rings (SSSR count). The van der Waals surface area contributed by atoms with Crippen LogP contribution in [0.5, 0.6) is 0 Å². The summed E-state index contributed by atoms with van der Waals surface area (Å²) in [7, 11) is -3.66. The van der Waals surface area contributed by atoms with Gasteiger partial charge in [-0.3, -0.25) is 9.59 Å². The highest BCUT2D eigenvalue weighted by Gasteiger charge is 2.33. The number of benzene rings is 2. The molecule has 10 heteroatoms. The molecule has 0 saturated carbocycles. The molecule has 182 valence electrons. The summed E-state index contributed by atoms with van der Waals surface area (Å²) < 4.78 is 59.4. The van der Waals surface area contributed by atoms with Crippen LogP contribution in [0.4, 0.5) is 14.5 Å². The molecule has 0 aromatic heterocycles. The van der Waals surface area contributed by atoms with Gasteiger partial charge in [-0.1, -0.05) is 6.07 Å². The minimum atomic E-state index is -3.66. The Bertz CT molecular complexity index is 1190. The Balaban J connectivity index is 1.28. The van der Waals surface area contributed by atoms with Crippen molar-refractivity contribution in [3.63, 3.8) is 0 Å². The smallest absolute Gasteiger partial charge is 0.309 e. The lowest BCUT2D eigenvalue weighted by atomic mass is 9.92. The highest BCUT2D eigenvalue weighted by atomic mass is 32.2. The molecule has 0 bridgehead atoms. The van der Waals surface area contributed by atoms with Gasteiger partial charge < -0.3 is 10.1 Å². The molecule has 1 saturated heterocycles. The number of anilines is 1. The maximum Gasteiger partial charge on any atom is 0.309 e. The molecule has 2 aromatic carbocycles. The molecule has 1 heterocycles. The quantitative estimate of drug-likeness (QED) is 0.624. The summed E-state index contributed by atoms with van der Waals surface area (Å²) in [6.45, 7) is -0.317. The Morgan fingerprint density at radius 3 is 2.44 bits per heavy atom. The van der Waals surface area contributed by atoms with Gasteiger partial charge in [0, 0.05) is 19.2 Å². The lowest BCUT2D eigenvalue weighted by Crippen LogP contribution is -2.41. The van der Waals surface area contributed by atoms with E-state index in [4.69, 9.17) is 4.74 Å². The van der Waals surface area contributed by atoms with E-state index in [9.17, 15) is 26.8 Å². The molecule has 0 spiro atoms.